The first-order chi connectivity index (χ1) is 14.4. The van der Waals surface area contributed by atoms with Crippen molar-refractivity contribution >= 4 is 15.9 Å². The third kappa shape index (κ3) is 4.12. The molecule has 1 amide bonds. The fraction of sp³-hybridized carbons (Fsp3) is 0.550. The van der Waals surface area contributed by atoms with E-state index in [-0.39, 0.29) is 17.5 Å². The van der Waals surface area contributed by atoms with E-state index in [1.165, 1.54) is 16.8 Å². The Morgan fingerprint density at radius 2 is 2.03 bits per heavy atom. The Hall–Kier alpha value is -2.30. The van der Waals surface area contributed by atoms with Crippen molar-refractivity contribution in [1.29, 1.82) is 0 Å². The van der Waals surface area contributed by atoms with E-state index in [0.717, 1.165) is 5.56 Å². The van der Waals surface area contributed by atoms with Crippen molar-refractivity contribution in [2.45, 2.75) is 24.3 Å². The van der Waals surface area contributed by atoms with Crippen LogP contribution in [0.15, 0.2) is 42.1 Å². The Bertz CT molecular complexity index is 986. The zero-order chi connectivity index (χ0) is 21.2. The molecule has 2 saturated heterocycles. The van der Waals surface area contributed by atoms with Crippen LogP contribution in [0.5, 0.6) is 0 Å². The van der Waals surface area contributed by atoms with Crippen LogP contribution in [0, 0.1) is 11.3 Å². The lowest BCUT2D eigenvalue weighted by Gasteiger charge is -2.37. The minimum atomic E-state index is -3.75. The van der Waals surface area contributed by atoms with Gasteiger partial charge in [0.2, 0.25) is 5.91 Å². The average molecular weight is 434 g/mol. The Morgan fingerprint density at radius 3 is 2.70 bits per heavy atom. The molecule has 9 nitrogen and oxygen atoms in total. The number of hydrogen-bond donors (Lipinski definition) is 1. The Labute approximate surface area is 176 Å². The van der Waals surface area contributed by atoms with E-state index >= 15 is 0 Å². The Kier molecular flexibility index (Phi) is 5.90. The first-order valence-electron chi connectivity index (χ1n) is 10.1. The number of hydrogen-bond acceptors (Lipinski definition) is 6. The van der Waals surface area contributed by atoms with Gasteiger partial charge < -0.3 is 14.6 Å². The highest BCUT2D eigenvalue weighted by atomic mass is 32.2. The second-order valence-corrected chi connectivity index (χ2v) is 9.98. The molecule has 1 atom stereocenters. The molecule has 2 aliphatic rings. The lowest BCUT2D eigenvalue weighted by Crippen LogP contribution is -2.44. The fourth-order valence-corrected chi connectivity index (χ4v) is 5.93. The summed E-state index contributed by atoms with van der Waals surface area (Å²) in [5.74, 6) is -0.498. The number of carbonyl (C=O) groups is 1. The molecule has 30 heavy (non-hydrogen) atoms. The Balaban J connectivity index is 1.49. The van der Waals surface area contributed by atoms with Gasteiger partial charge in [-0.2, -0.15) is 4.31 Å². The van der Waals surface area contributed by atoms with E-state index in [2.05, 4.69) is 15.3 Å². The molecule has 2 fully saturated rings. The van der Waals surface area contributed by atoms with E-state index < -0.39 is 21.4 Å². The zero-order valence-corrected chi connectivity index (χ0v) is 17.8. The number of nitrogens with zero attached hydrogens (tertiary/aromatic N) is 4. The number of amides is 1. The van der Waals surface area contributed by atoms with E-state index in [1.54, 1.807) is 24.0 Å². The first-order valence-corrected chi connectivity index (χ1v) is 11.6. The highest BCUT2D eigenvalue weighted by Crippen LogP contribution is 2.45. The van der Waals surface area contributed by atoms with Crippen LogP contribution in [0.2, 0.25) is 0 Å². The summed E-state index contributed by atoms with van der Waals surface area (Å²) in [6.45, 7) is 2.06. The molecule has 1 spiro atoms. The molecule has 0 saturated carbocycles. The summed E-state index contributed by atoms with van der Waals surface area (Å²) >= 11 is 0. The number of carbonyl (C=O) groups excluding carboxylic acids is 1. The lowest BCUT2D eigenvalue weighted by molar-refractivity contribution is -0.129. The molecule has 2 aromatic rings. The van der Waals surface area contributed by atoms with Crippen molar-refractivity contribution in [2.75, 3.05) is 32.8 Å². The van der Waals surface area contributed by atoms with Gasteiger partial charge in [-0.15, -0.1) is 0 Å². The minimum Gasteiger partial charge on any atom is -0.381 e. The highest BCUT2D eigenvalue weighted by molar-refractivity contribution is 7.89. The van der Waals surface area contributed by atoms with Crippen LogP contribution in [0.1, 0.15) is 18.4 Å². The number of aryl methyl sites for hydroxylation is 1. The van der Waals surface area contributed by atoms with Gasteiger partial charge in [0.25, 0.3) is 10.0 Å². The summed E-state index contributed by atoms with van der Waals surface area (Å²) in [5.41, 5.74) is 0.692. The summed E-state index contributed by atoms with van der Waals surface area (Å²) in [4.78, 5) is 21.1. The van der Waals surface area contributed by atoms with Crippen LogP contribution in [0.3, 0.4) is 0 Å². The molecule has 2 aliphatic heterocycles. The van der Waals surface area contributed by atoms with Gasteiger partial charge in [-0.25, -0.2) is 13.4 Å². The van der Waals surface area contributed by atoms with E-state index in [4.69, 9.17) is 4.74 Å². The molecule has 0 aromatic carbocycles. The molecule has 0 aliphatic carbocycles. The monoisotopic (exact) mass is 433 g/mol. The van der Waals surface area contributed by atoms with Gasteiger partial charge in [0.05, 0.1) is 12.2 Å². The molecule has 162 valence electrons. The number of rotatable bonds is 6. The topological polar surface area (TPSA) is 106 Å². The van der Waals surface area contributed by atoms with Crippen LogP contribution in [0.25, 0.3) is 0 Å². The number of sulfonamides is 1. The largest absolute Gasteiger partial charge is 0.381 e. The molecule has 4 rings (SSSR count). The van der Waals surface area contributed by atoms with Crippen LogP contribution in [-0.4, -0.2) is 66.0 Å². The summed E-state index contributed by atoms with van der Waals surface area (Å²) in [6.07, 6.45) is 8.46. The van der Waals surface area contributed by atoms with E-state index in [9.17, 15) is 13.2 Å². The number of imidazole rings is 1. The summed E-state index contributed by atoms with van der Waals surface area (Å²) < 4.78 is 34.8. The van der Waals surface area contributed by atoms with Crippen molar-refractivity contribution in [3.05, 3.63) is 42.6 Å². The number of aromatic nitrogens is 3. The summed E-state index contributed by atoms with van der Waals surface area (Å²) in [7, 11) is -2.02. The molecule has 2 aromatic heterocycles. The zero-order valence-electron chi connectivity index (χ0n) is 17.0. The second kappa shape index (κ2) is 8.44. The molecular weight excluding hydrogens is 406 g/mol. The Morgan fingerprint density at radius 1 is 1.30 bits per heavy atom. The lowest BCUT2D eigenvalue weighted by atomic mass is 9.72. The molecule has 1 unspecified atom stereocenters. The molecule has 1 N–H and O–H groups in total. The van der Waals surface area contributed by atoms with Crippen molar-refractivity contribution in [3.63, 3.8) is 0 Å². The molecule has 10 heteroatoms. The van der Waals surface area contributed by atoms with Gasteiger partial charge >= 0.3 is 0 Å². The summed E-state index contributed by atoms with van der Waals surface area (Å²) in [5, 5.41) is 3.04. The first kappa shape index (κ1) is 21.0. The van der Waals surface area contributed by atoms with Gasteiger partial charge in [-0.05, 0) is 37.0 Å². The van der Waals surface area contributed by atoms with Gasteiger partial charge in [-0.3, -0.25) is 9.78 Å². The van der Waals surface area contributed by atoms with Crippen molar-refractivity contribution < 1.29 is 17.9 Å². The molecular formula is C20H27N5O4S. The average Bonchev–Trinajstić information content (AvgIpc) is 3.34. The van der Waals surface area contributed by atoms with Crippen LogP contribution >= 0.6 is 0 Å². The molecule has 0 radical (unpaired) electrons. The normalized spacial score (nSPS) is 21.7. The van der Waals surface area contributed by atoms with Crippen LogP contribution in [-0.2, 0) is 33.0 Å². The van der Waals surface area contributed by atoms with Crippen LogP contribution < -0.4 is 5.32 Å². The SMILES string of the molecule is Cn1cnc(S(=O)(=O)N2CC(C(=O)NCCc3ccncc3)C3(CCOCC3)C2)c1. The maximum atomic E-state index is 13.1. The molecule has 4 heterocycles. The van der Waals surface area contributed by atoms with Gasteiger partial charge in [0, 0.05) is 63.9 Å². The predicted octanol–water partition coefficient (Wildman–Crippen LogP) is 0.591. The number of nitrogens with one attached hydrogen (secondary N) is 1. The summed E-state index contributed by atoms with van der Waals surface area (Å²) in [6, 6.07) is 3.84. The maximum absolute atomic E-state index is 13.1. The van der Waals surface area contributed by atoms with E-state index in [0.29, 0.717) is 45.6 Å². The fourth-order valence-electron chi connectivity index (χ4n) is 4.41. The van der Waals surface area contributed by atoms with Gasteiger partial charge in [-0.1, -0.05) is 0 Å². The quantitative estimate of drug-likeness (QED) is 0.715. The smallest absolute Gasteiger partial charge is 0.262 e. The van der Waals surface area contributed by atoms with E-state index in [1.807, 2.05) is 12.1 Å². The third-order valence-corrected chi connectivity index (χ3v) is 7.87. The van der Waals surface area contributed by atoms with Crippen molar-refractivity contribution in [1.82, 2.24) is 24.2 Å². The number of ether oxygens (including phenoxy) is 1. The predicted molar refractivity (Wildman–Crippen MR) is 109 cm³/mol. The van der Waals surface area contributed by atoms with Gasteiger partial charge in [0.1, 0.15) is 0 Å². The number of pyridine rings is 1. The minimum absolute atomic E-state index is 0.0194. The van der Waals surface area contributed by atoms with Gasteiger partial charge in [0.15, 0.2) is 5.03 Å². The van der Waals surface area contributed by atoms with Crippen LogP contribution in [0.4, 0.5) is 0 Å². The standard InChI is InChI=1S/C20H27N5O4S/c1-24-13-18(23-15-24)30(27,28)25-12-17(20(14-25)5-10-29-11-6-20)19(26)22-9-4-16-2-7-21-8-3-16/h2-3,7-8,13,15,17H,4-6,9-12,14H2,1H3,(H,22,26). The van der Waals surface area contributed by atoms with Crippen molar-refractivity contribution in [2.24, 2.45) is 18.4 Å². The maximum Gasteiger partial charge on any atom is 0.262 e. The second-order valence-electron chi connectivity index (χ2n) is 8.10. The van der Waals surface area contributed by atoms with Crippen molar-refractivity contribution in [3.8, 4) is 0 Å². The molecule has 0 bridgehead atoms. The highest BCUT2D eigenvalue weighted by Gasteiger charge is 2.53. The third-order valence-electron chi connectivity index (χ3n) is 6.17.